The van der Waals surface area contributed by atoms with E-state index in [1.807, 2.05) is 39.6 Å². The Morgan fingerprint density at radius 2 is 2.07 bits per heavy atom. The second-order valence-electron chi connectivity index (χ2n) is 6.95. The fraction of sp³-hybridized carbons (Fsp3) is 0.450. The van der Waals surface area contributed by atoms with Crippen LogP contribution >= 0.6 is 12.0 Å². The number of aromatic hydroxyl groups is 1. The maximum Gasteiger partial charge on any atom is 0.297 e. The van der Waals surface area contributed by atoms with E-state index in [9.17, 15) is 19.1 Å². The topological polar surface area (TPSA) is 96.7 Å². The van der Waals surface area contributed by atoms with Crippen LogP contribution in [0.4, 0.5) is 4.39 Å². The fourth-order valence-electron chi connectivity index (χ4n) is 2.96. The highest BCUT2D eigenvalue weighted by molar-refractivity contribution is 7.94. The molecule has 3 rings (SSSR count). The van der Waals surface area contributed by atoms with Gasteiger partial charge in [-0.05, 0) is 38.6 Å². The number of hydrogen-bond acceptors (Lipinski definition) is 7. The lowest BCUT2D eigenvalue weighted by atomic mass is 10.0. The maximum absolute atomic E-state index is 13.4. The molecule has 0 bridgehead atoms. The molecular formula is C20H27FN4O4S. The van der Waals surface area contributed by atoms with Crippen LogP contribution in [0, 0.1) is 5.82 Å². The Morgan fingerprint density at radius 1 is 1.40 bits per heavy atom. The molecule has 0 fully saturated rings. The summed E-state index contributed by atoms with van der Waals surface area (Å²) >= 11 is 0.970. The zero-order chi connectivity index (χ0) is 22.6. The molecular weight excluding hydrogens is 411 g/mol. The molecule has 0 unspecified atom stereocenters. The van der Waals surface area contributed by atoms with E-state index < -0.39 is 28.6 Å². The van der Waals surface area contributed by atoms with E-state index in [1.165, 1.54) is 29.9 Å². The van der Waals surface area contributed by atoms with Crippen molar-refractivity contribution in [2.75, 3.05) is 14.2 Å². The monoisotopic (exact) mass is 438 g/mol. The summed E-state index contributed by atoms with van der Waals surface area (Å²) in [5.74, 6) is -1.41. The van der Waals surface area contributed by atoms with Gasteiger partial charge in [-0.25, -0.2) is 9.37 Å². The minimum absolute atomic E-state index is 0.0492. The molecule has 1 aliphatic rings. The third-order valence-corrected chi connectivity index (χ3v) is 5.58. The zero-order valence-corrected chi connectivity index (χ0v) is 18.8. The van der Waals surface area contributed by atoms with Gasteiger partial charge in [-0.1, -0.05) is 19.9 Å². The Morgan fingerprint density at radius 3 is 2.70 bits per heavy atom. The number of hydrogen-bond donors (Lipinski definition) is 2. The molecule has 2 N–H and O–H groups in total. The van der Waals surface area contributed by atoms with Gasteiger partial charge in [0.15, 0.2) is 5.69 Å². The first kappa shape index (κ1) is 23.8. The molecule has 0 saturated heterocycles. The molecule has 164 valence electrons. The van der Waals surface area contributed by atoms with Crippen molar-refractivity contribution in [3.8, 4) is 5.75 Å². The van der Waals surface area contributed by atoms with Gasteiger partial charge in [0.1, 0.15) is 11.6 Å². The van der Waals surface area contributed by atoms with Crippen LogP contribution in [0.25, 0.3) is 0 Å². The standard InChI is InChI=1S/C18H21FN4O4S.C2H6/c1-18(2)17-21-13(14(24)16(26)23(17)9-22(18)3)15(25)20-8-10-5-6-11(19)7-12(10)28-27-4;1-2/h5-7,24H,8-9H2,1-4H3,(H,20,25);1-2H3. The molecule has 30 heavy (non-hydrogen) atoms. The van der Waals surface area contributed by atoms with Gasteiger partial charge >= 0.3 is 0 Å². The Hall–Kier alpha value is -2.43. The highest BCUT2D eigenvalue weighted by atomic mass is 32.2. The van der Waals surface area contributed by atoms with Crippen molar-refractivity contribution < 1.29 is 18.5 Å². The molecule has 1 aliphatic heterocycles. The molecule has 2 aromatic rings. The Labute approximate surface area is 179 Å². The molecule has 0 spiro atoms. The van der Waals surface area contributed by atoms with Crippen LogP contribution in [-0.2, 0) is 22.9 Å². The van der Waals surface area contributed by atoms with Gasteiger partial charge < -0.3 is 14.6 Å². The number of amides is 1. The number of carbonyl (C=O) groups excluding carboxylic acids is 1. The second kappa shape index (κ2) is 9.59. The number of fused-ring (bicyclic) bond motifs is 1. The van der Waals surface area contributed by atoms with Gasteiger partial charge in [0.25, 0.3) is 11.5 Å². The van der Waals surface area contributed by atoms with Crippen molar-refractivity contribution in [2.24, 2.45) is 0 Å². The number of aromatic nitrogens is 2. The quantitative estimate of drug-likeness (QED) is 0.693. The van der Waals surface area contributed by atoms with Gasteiger partial charge in [-0.2, -0.15) is 0 Å². The van der Waals surface area contributed by atoms with Crippen LogP contribution in [0.2, 0.25) is 0 Å². The van der Waals surface area contributed by atoms with Crippen LogP contribution in [0.1, 0.15) is 49.6 Å². The van der Waals surface area contributed by atoms with E-state index in [1.54, 1.807) is 0 Å². The first-order valence-electron chi connectivity index (χ1n) is 9.49. The minimum atomic E-state index is -0.696. The minimum Gasteiger partial charge on any atom is -0.501 e. The van der Waals surface area contributed by atoms with Crippen molar-refractivity contribution in [3.63, 3.8) is 0 Å². The number of benzene rings is 1. The summed E-state index contributed by atoms with van der Waals surface area (Å²) in [7, 11) is 3.28. The summed E-state index contributed by atoms with van der Waals surface area (Å²) in [6.07, 6.45) is 0. The zero-order valence-electron chi connectivity index (χ0n) is 17.9. The normalized spacial score (nSPS) is 14.6. The average molecular weight is 439 g/mol. The van der Waals surface area contributed by atoms with Gasteiger partial charge in [0.2, 0.25) is 5.75 Å². The summed E-state index contributed by atoms with van der Waals surface area (Å²) < 4.78 is 19.7. The molecule has 10 heteroatoms. The Kier molecular flexibility index (Phi) is 7.62. The maximum atomic E-state index is 13.4. The van der Waals surface area contributed by atoms with Crippen molar-refractivity contribution in [1.82, 2.24) is 19.8 Å². The molecule has 1 aromatic carbocycles. The van der Waals surface area contributed by atoms with Crippen LogP contribution in [0.3, 0.4) is 0 Å². The summed E-state index contributed by atoms with van der Waals surface area (Å²) in [5.41, 5.74) is -0.937. The molecule has 1 aromatic heterocycles. The van der Waals surface area contributed by atoms with Gasteiger partial charge in [0.05, 0.1) is 19.3 Å². The van der Waals surface area contributed by atoms with E-state index in [2.05, 4.69) is 10.3 Å². The predicted molar refractivity (Wildman–Crippen MR) is 113 cm³/mol. The van der Waals surface area contributed by atoms with Crippen molar-refractivity contribution in [3.05, 3.63) is 51.5 Å². The highest BCUT2D eigenvalue weighted by Gasteiger charge is 2.39. The number of nitrogens with one attached hydrogen (secondary N) is 1. The average Bonchev–Trinajstić information content (AvgIpc) is 2.94. The van der Waals surface area contributed by atoms with Crippen molar-refractivity contribution in [1.29, 1.82) is 0 Å². The molecule has 0 radical (unpaired) electrons. The molecule has 8 nitrogen and oxygen atoms in total. The Bertz CT molecular complexity index is 994. The number of nitrogens with zero attached hydrogens (tertiary/aromatic N) is 3. The first-order valence-corrected chi connectivity index (χ1v) is 10.2. The summed E-state index contributed by atoms with van der Waals surface area (Å²) in [6.45, 7) is 8.08. The molecule has 0 saturated carbocycles. The second-order valence-corrected chi connectivity index (χ2v) is 7.89. The summed E-state index contributed by atoms with van der Waals surface area (Å²) in [4.78, 5) is 31.8. The molecule has 0 aliphatic carbocycles. The first-order chi connectivity index (χ1) is 14.2. The SMILES string of the molecule is CC.COSc1cc(F)ccc1CNC(=O)c1nc2n(c(=O)c1O)CN(C)C2(C)C. The lowest BCUT2D eigenvalue weighted by Gasteiger charge is -2.25. The smallest absolute Gasteiger partial charge is 0.297 e. The van der Waals surface area contributed by atoms with E-state index in [0.29, 0.717) is 16.3 Å². The van der Waals surface area contributed by atoms with Crippen molar-refractivity contribution >= 4 is 17.9 Å². The van der Waals surface area contributed by atoms with Crippen LogP contribution in [-0.4, -0.2) is 39.6 Å². The van der Waals surface area contributed by atoms with Crippen LogP contribution in [0.5, 0.6) is 5.75 Å². The van der Waals surface area contributed by atoms with Crippen LogP contribution < -0.4 is 10.9 Å². The van der Waals surface area contributed by atoms with Crippen LogP contribution in [0.15, 0.2) is 27.9 Å². The fourth-order valence-corrected chi connectivity index (χ4v) is 3.55. The largest absolute Gasteiger partial charge is 0.501 e. The summed E-state index contributed by atoms with van der Waals surface area (Å²) in [5, 5.41) is 12.8. The van der Waals surface area contributed by atoms with Gasteiger partial charge in [-0.15, -0.1) is 0 Å². The Balaban J connectivity index is 0.00000155. The van der Waals surface area contributed by atoms with Crippen molar-refractivity contribution in [2.45, 2.75) is 51.3 Å². The molecule has 0 atom stereocenters. The number of halogens is 1. The third kappa shape index (κ3) is 4.50. The van der Waals surface area contributed by atoms with E-state index in [4.69, 9.17) is 4.18 Å². The van der Waals surface area contributed by atoms with E-state index in [0.717, 1.165) is 12.0 Å². The molecule has 1 amide bonds. The highest BCUT2D eigenvalue weighted by Crippen LogP contribution is 2.31. The lowest BCUT2D eigenvalue weighted by Crippen LogP contribution is -2.33. The third-order valence-electron chi connectivity index (χ3n) is 4.86. The van der Waals surface area contributed by atoms with Gasteiger partial charge in [0, 0.05) is 23.5 Å². The number of carbonyl (C=O) groups is 1. The molecule has 2 heterocycles. The lowest BCUT2D eigenvalue weighted by molar-refractivity contribution is 0.0941. The van der Waals surface area contributed by atoms with E-state index in [-0.39, 0.29) is 18.9 Å². The number of rotatable bonds is 5. The predicted octanol–water partition coefficient (Wildman–Crippen LogP) is 2.84. The van der Waals surface area contributed by atoms with Gasteiger partial charge in [-0.3, -0.25) is 19.1 Å². The summed E-state index contributed by atoms with van der Waals surface area (Å²) in [6, 6.07) is 4.10. The van der Waals surface area contributed by atoms with E-state index >= 15 is 0 Å².